The maximum atomic E-state index is 12.4. The van der Waals surface area contributed by atoms with Crippen LogP contribution in [-0.4, -0.2) is 29.8 Å². The Balaban J connectivity index is 2.24. The molecule has 0 heterocycles. The number of ether oxygens (including phenoxy) is 2. The summed E-state index contributed by atoms with van der Waals surface area (Å²) in [7, 11) is 3.09. The molecule has 0 spiro atoms. The van der Waals surface area contributed by atoms with Crippen LogP contribution in [0.25, 0.3) is 0 Å². The van der Waals surface area contributed by atoms with Gasteiger partial charge in [0.2, 0.25) is 3.79 Å². The molecular weight excluding hydrogens is 387 g/mol. The van der Waals surface area contributed by atoms with Gasteiger partial charge in [0.1, 0.15) is 11.5 Å². The standard InChI is InChI=1S/C17H15Cl3N2O3/c1-24-13-7-3-11(4-8-13)15(23)22-16(17(18,19)20)21-12-5-9-14(25-2)10-6-12/h3-10H,1-2H3,(H,21,22,23). The number of aliphatic imine (C=N–C) groups is 1. The predicted octanol–water partition coefficient (Wildman–Crippen LogP) is 4.53. The molecule has 0 unspecified atom stereocenters. The zero-order chi connectivity index (χ0) is 18.4. The number of benzene rings is 2. The molecule has 0 aromatic heterocycles. The zero-order valence-electron chi connectivity index (χ0n) is 13.4. The van der Waals surface area contributed by atoms with E-state index in [9.17, 15) is 4.79 Å². The highest BCUT2D eigenvalue weighted by molar-refractivity contribution is 6.77. The first kappa shape index (κ1) is 19.4. The fraction of sp³-hybridized carbons (Fsp3) is 0.176. The molecule has 0 atom stereocenters. The van der Waals surface area contributed by atoms with E-state index in [0.29, 0.717) is 22.7 Å². The average molecular weight is 402 g/mol. The van der Waals surface area contributed by atoms with Crippen molar-refractivity contribution in [1.29, 1.82) is 0 Å². The third kappa shape index (κ3) is 5.53. The molecule has 0 saturated carbocycles. The molecule has 132 valence electrons. The Morgan fingerprint density at radius 2 is 1.40 bits per heavy atom. The number of nitrogens with one attached hydrogen (secondary N) is 1. The van der Waals surface area contributed by atoms with Crippen molar-refractivity contribution in [2.75, 3.05) is 14.2 Å². The van der Waals surface area contributed by atoms with Crippen molar-refractivity contribution in [3.63, 3.8) is 0 Å². The number of halogens is 3. The van der Waals surface area contributed by atoms with Crippen molar-refractivity contribution in [3.8, 4) is 11.5 Å². The summed E-state index contributed by atoms with van der Waals surface area (Å²) in [5.41, 5.74) is 0.870. The number of nitrogens with zero attached hydrogens (tertiary/aromatic N) is 1. The number of hydrogen-bond acceptors (Lipinski definition) is 4. The summed E-state index contributed by atoms with van der Waals surface area (Å²) in [5.74, 6) is 0.728. The van der Waals surface area contributed by atoms with E-state index < -0.39 is 9.70 Å². The van der Waals surface area contributed by atoms with Gasteiger partial charge in [0.25, 0.3) is 5.91 Å². The summed E-state index contributed by atoms with van der Waals surface area (Å²) >= 11 is 17.8. The van der Waals surface area contributed by atoms with E-state index in [-0.39, 0.29) is 5.84 Å². The average Bonchev–Trinajstić information content (AvgIpc) is 2.61. The lowest BCUT2D eigenvalue weighted by atomic mass is 10.2. The third-order valence-electron chi connectivity index (χ3n) is 3.17. The number of amides is 1. The summed E-state index contributed by atoms with van der Waals surface area (Å²) in [6.07, 6.45) is 0. The highest BCUT2D eigenvalue weighted by Crippen LogP contribution is 2.29. The van der Waals surface area contributed by atoms with Crippen LogP contribution in [0, 0.1) is 0 Å². The molecule has 0 saturated heterocycles. The molecule has 2 aromatic carbocycles. The van der Waals surface area contributed by atoms with Crippen LogP contribution in [0.4, 0.5) is 5.69 Å². The zero-order valence-corrected chi connectivity index (χ0v) is 15.7. The summed E-state index contributed by atoms with van der Waals surface area (Å²) in [4.78, 5) is 16.6. The Hall–Kier alpha value is -1.95. The van der Waals surface area contributed by atoms with Crippen LogP contribution in [0.15, 0.2) is 53.5 Å². The van der Waals surface area contributed by atoms with Gasteiger partial charge in [-0.1, -0.05) is 34.8 Å². The van der Waals surface area contributed by atoms with Gasteiger partial charge in [-0.2, -0.15) is 0 Å². The Morgan fingerprint density at radius 3 is 1.84 bits per heavy atom. The fourth-order valence-corrected chi connectivity index (χ4v) is 2.14. The smallest absolute Gasteiger partial charge is 0.256 e. The molecule has 1 amide bonds. The first-order valence-electron chi connectivity index (χ1n) is 7.09. The highest BCUT2D eigenvalue weighted by Gasteiger charge is 2.30. The molecule has 0 radical (unpaired) electrons. The Morgan fingerprint density at radius 1 is 0.920 bits per heavy atom. The number of carbonyl (C=O) groups excluding carboxylic acids is 1. The maximum absolute atomic E-state index is 12.4. The van der Waals surface area contributed by atoms with Gasteiger partial charge < -0.3 is 14.8 Å². The molecule has 2 aromatic rings. The van der Waals surface area contributed by atoms with Gasteiger partial charge in [0, 0.05) is 5.56 Å². The van der Waals surface area contributed by atoms with Gasteiger partial charge in [-0.3, -0.25) is 4.79 Å². The maximum Gasteiger partial charge on any atom is 0.256 e. The number of rotatable bonds is 4. The van der Waals surface area contributed by atoms with Crippen LogP contribution in [0.3, 0.4) is 0 Å². The number of carbonyl (C=O) groups is 1. The predicted molar refractivity (Wildman–Crippen MR) is 101 cm³/mol. The quantitative estimate of drug-likeness (QED) is 0.465. The van der Waals surface area contributed by atoms with E-state index in [1.54, 1.807) is 55.6 Å². The topological polar surface area (TPSA) is 59.9 Å². The third-order valence-corrected chi connectivity index (χ3v) is 3.70. The second-order valence-electron chi connectivity index (χ2n) is 4.84. The lowest BCUT2D eigenvalue weighted by Gasteiger charge is -2.16. The Kier molecular flexibility index (Phi) is 6.53. The largest absolute Gasteiger partial charge is 0.497 e. The number of amidine groups is 1. The van der Waals surface area contributed by atoms with Gasteiger partial charge in [0.15, 0.2) is 5.84 Å². The molecule has 2 rings (SSSR count). The van der Waals surface area contributed by atoms with E-state index in [0.717, 1.165) is 0 Å². The van der Waals surface area contributed by atoms with Crippen molar-refractivity contribution < 1.29 is 14.3 Å². The van der Waals surface area contributed by atoms with Crippen LogP contribution < -0.4 is 14.8 Å². The molecule has 1 N–H and O–H groups in total. The van der Waals surface area contributed by atoms with Gasteiger partial charge in [-0.25, -0.2) is 4.99 Å². The molecular formula is C17H15Cl3N2O3. The van der Waals surface area contributed by atoms with Gasteiger partial charge in [0.05, 0.1) is 19.9 Å². The Labute approximate surface area is 160 Å². The summed E-state index contributed by atoms with van der Waals surface area (Å²) < 4.78 is 8.23. The molecule has 0 aliphatic rings. The van der Waals surface area contributed by atoms with Gasteiger partial charge >= 0.3 is 0 Å². The van der Waals surface area contributed by atoms with Crippen molar-refractivity contribution in [1.82, 2.24) is 5.32 Å². The molecule has 0 aliphatic heterocycles. The molecule has 25 heavy (non-hydrogen) atoms. The Bertz CT molecular complexity index is 754. The van der Waals surface area contributed by atoms with Crippen molar-refractivity contribution in [2.24, 2.45) is 4.99 Å². The SMILES string of the molecule is COc1ccc(N=C(NC(=O)c2ccc(OC)cc2)C(Cl)(Cl)Cl)cc1. The normalized spacial score (nSPS) is 11.8. The molecule has 8 heteroatoms. The molecule has 0 bridgehead atoms. The molecule has 0 aliphatic carbocycles. The van der Waals surface area contributed by atoms with Gasteiger partial charge in [-0.15, -0.1) is 0 Å². The summed E-state index contributed by atoms with van der Waals surface area (Å²) in [6.45, 7) is 0. The van der Waals surface area contributed by atoms with Crippen molar-refractivity contribution in [3.05, 3.63) is 54.1 Å². The van der Waals surface area contributed by atoms with Gasteiger partial charge in [-0.05, 0) is 48.5 Å². The number of methoxy groups -OCH3 is 2. The lowest BCUT2D eigenvalue weighted by molar-refractivity contribution is 0.0976. The summed E-state index contributed by atoms with van der Waals surface area (Å²) in [5, 5.41) is 2.53. The van der Waals surface area contributed by atoms with E-state index in [1.807, 2.05) is 0 Å². The molecule has 5 nitrogen and oxygen atoms in total. The van der Waals surface area contributed by atoms with Crippen LogP contribution in [0.5, 0.6) is 11.5 Å². The van der Waals surface area contributed by atoms with E-state index in [2.05, 4.69) is 10.3 Å². The highest BCUT2D eigenvalue weighted by atomic mass is 35.6. The second-order valence-corrected chi connectivity index (χ2v) is 7.12. The fourth-order valence-electron chi connectivity index (χ4n) is 1.87. The monoisotopic (exact) mass is 400 g/mol. The van der Waals surface area contributed by atoms with Crippen molar-refractivity contribution >= 4 is 52.2 Å². The van der Waals surface area contributed by atoms with Crippen molar-refractivity contribution in [2.45, 2.75) is 3.79 Å². The number of hydrogen-bond donors (Lipinski definition) is 1. The van der Waals surface area contributed by atoms with E-state index in [1.165, 1.54) is 7.11 Å². The first-order valence-corrected chi connectivity index (χ1v) is 8.22. The minimum Gasteiger partial charge on any atom is -0.497 e. The lowest BCUT2D eigenvalue weighted by Crippen LogP contribution is -2.39. The van der Waals surface area contributed by atoms with E-state index >= 15 is 0 Å². The molecule has 0 fully saturated rings. The minimum atomic E-state index is -1.90. The van der Waals surface area contributed by atoms with E-state index in [4.69, 9.17) is 44.3 Å². The van der Waals surface area contributed by atoms with Crippen LogP contribution in [0.2, 0.25) is 0 Å². The number of alkyl halides is 3. The van der Waals surface area contributed by atoms with Crippen LogP contribution in [-0.2, 0) is 0 Å². The first-order chi connectivity index (χ1) is 11.8. The summed E-state index contributed by atoms with van der Waals surface area (Å²) in [6, 6.07) is 13.3. The van der Waals surface area contributed by atoms with Crippen LogP contribution in [0.1, 0.15) is 10.4 Å². The second kappa shape index (κ2) is 8.43. The minimum absolute atomic E-state index is 0.108. The van der Waals surface area contributed by atoms with Crippen LogP contribution >= 0.6 is 34.8 Å².